The molecule has 0 bridgehead atoms. The fourth-order valence-corrected chi connectivity index (χ4v) is 1.90. The molecule has 3 heteroatoms. The number of aryl methyl sites for hydroxylation is 2. The van der Waals surface area contributed by atoms with E-state index in [1.165, 1.54) is 5.56 Å². The largest absolute Gasteiger partial charge is 0.388 e. The molecule has 1 aromatic carbocycles. The molecule has 0 saturated carbocycles. The second-order valence-corrected chi connectivity index (χ2v) is 4.34. The Kier molecular flexibility index (Phi) is 3.59. The lowest BCUT2D eigenvalue weighted by Gasteiger charge is -2.08. The summed E-state index contributed by atoms with van der Waals surface area (Å²) in [5, 5.41) is 14.3. The normalized spacial score (nSPS) is 12.6. The van der Waals surface area contributed by atoms with Crippen molar-refractivity contribution in [1.29, 1.82) is 0 Å². The molecule has 1 aromatic heterocycles. The Bertz CT molecular complexity index is 490. The van der Waals surface area contributed by atoms with Gasteiger partial charge < -0.3 is 5.11 Å². The average molecular weight is 230 g/mol. The molecule has 0 amide bonds. The minimum atomic E-state index is -0.475. The third-order valence-electron chi connectivity index (χ3n) is 2.87. The summed E-state index contributed by atoms with van der Waals surface area (Å²) in [6, 6.07) is 8.23. The van der Waals surface area contributed by atoms with E-state index in [-0.39, 0.29) is 0 Å². The zero-order valence-electron chi connectivity index (χ0n) is 10.3. The van der Waals surface area contributed by atoms with Gasteiger partial charge >= 0.3 is 0 Å². The van der Waals surface area contributed by atoms with E-state index in [0.717, 1.165) is 17.7 Å². The molecule has 0 aliphatic heterocycles. The first-order valence-electron chi connectivity index (χ1n) is 5.95. The van der Waals surface area contributed by atoms with Gasteiger partial charge in [-0.3, -0.25) is 4.68 Å². The molecule has 1 unspecified atom stereocenters. The van der Waals surface area contributed by atoms with Crippen molar-refractivity contribution < 1.29 is 5.11 Å². The number of benzene rings is 1. The van der Waals surface area contributed by atoms with Crippen LogP contribution in [0.4, 0.5) is 0 Å². The van der Waals surface area contributed by atoms with E-state index in [4.69, 9.17) is 0 Å². The first kappa shape index (κ1) is 11.9. The van der Waals surface area contributed by atoms with Crippen LogP contribution in [-0.4, -0.2) is 14.9 Å². The highest BCUT2D eigenvalue weighted by atomic mass is 16.3. The van der Waals surface area contributed by atoms with E-state index in [1.807, 2.05) is 29.9 Å². The number of hydrogen-bond donors (Lipinski definition) is 1. The molecule has 0 saturated heterocycles. The Morgan fingerprint density at radius 3 is 2.88 bits per heavy atom. The molecular weight excluding hydrogens is 212 g/mol. The summed E-state index contributed by atoms with van der Waals surface area (Å²) in [4.78, 5) is 0. The smallest absolute Gasteiger partial charge is 0.0860 e. The molecule has 1 N–H and O–H groups in total. The summed E-state index contributed by atoms with van der Waals surface area (Å²) >= 11 is 0. The first-order chi connectivity index (χ1) is 8.19. The Hall–Kier alpha value is -1.61. The highest BCUT2D eigenvalue weighted by Crippen LogP contribution is 2.18. The van der Waals surface area contributed by atoms with Crippen LogP contribution in [0.5, 0.6) is 0 Å². The van der Waals surface area contributed by atoms with Crippen LogP contribution in [0.2, 0.25) is 0 Å². The minimum Gasteiger partial charge on any atom is -0.388 e. The number of nitrogens with zero attached hydrogens (tertiary/aromatic N) is 2. The van der Waals surface area contributed by atoms with Crippen LogP contribution in [0.15, 0.2) is 36.7 Å². The van der Waals surface area contributed by atoms with Crippen molar-refractivity contribution in [3.8, 4) is 0 Å². The summed E-state index contributed by atoms with van der Waals surface area (Å²) in [5.41, 5.74) is 3.26. The van der Waals surface area contributed by atoms with Gasteiger partial charge in [-0.1, -0.05) is 29.8 Å². The van der Waals surface area contributed by atoms with Crippen molar-refractivity contribution in [2.24, 2.45) is 0 Å². The van der Waals surface area contributed by atoms with Gasteiger partial charge in [-0.15, -0.1) is 0 Å². The fraction of sp³-hybridized carbons (Fsp3) is 0.357. The zero-order chi connectivity index (χ0) is 12.3. The van der Waals surface area contributed by atoms with Gasteiger partial charge in [-0.05, 0) is 19.4 Å². The van der Waals surface area contributed by atoms with Crippen LogP contribution in [0, 0.1) is 6.92 Å². The highest BCUT2D eigenvalue weighted by Gasteiger charge is 2.10. The Balaban J connectivity index is 2.08. The molecule has 2 rings (SSSR count). The van der Waals surface area contributed by atoms with Crippen molar-refractivity contribution >= 4 is 0 Å². The average Bonchev–Trinajstić information content (AvgIpc) is 2.77. The summed E-state index contributed by atoms with van der Waals surface area (Å²) in [6.07, 6.45) is 3.80. The highest BCUT2D eigenvalue weighted by molar-refractivity contribution is 5.24. The molecule has 90 valence electrons. The third kappa shape index (κ3) is 2.94. The molecular formula is C14H18N2O. The number of aromatic nitrogens is 2. The predicted octanol–water partition coefficient (Wildman–Crippen LogP) is 2.49. The minimum absolute atomic E-state index is 0.475. The summed E-state index contributed by atoms with van der Waals surface area (Å²) in [7, 11) is 0. The molecule has 0 spiro atoms. The van der Waals surface area contributed by atoms with E-state index in [1.54, 1.807) is 6.20 Å². The molecule has 17 heavy (non-hydrogen) atoms. The van der Waals surface area contributed by atoms with Crippen LogP contribution in [0.3, 0.4) is 0 Å². The first-order valence-corrected chi connectivity index (χ1v) is 5.95. The van der Waals surface area contributed by atoms with E-state index in [2.05, 4.69) is 24.2 Å². The van der Waals surface area contributed by atoms with Crippen LogP contribution >= 0.6 is 0 Å². The molecule has 1 atom stereocenters. The molecule has 3 nitrogen and oxygen atoms in total. The van der Waals surface area contributed by atoms with Gasteiger partial charge in [0.1, 0.15) is 0 Å². The van der Waals surface area contributed by atoms with E-state index < -0.39 is 6.10 Å². The van der Waals surface area contributed by atoms with E-state index in [9.17, 15) is 5.11 Å². The van der Waals surface area contributed by atoms with E-state index >= 15 is 0 Å². The topological polar surface area (TPSA) is 38.0 Å². The maximum Gasteiger partial charge on any atom is 0.0860 e. The fourth-order valence-electron chi connectivity index (χ4n) is 1.90. The van der Waals surface area contributed by atoms with Gasteiger partial charge in [-0.2, -0.15) is 5.10 Å². The van der Waals surface area contributed by atoms with Crippen LogP contribution in [-0.2, 0) is 13.0 Å². The Labute approximate surface area is 102 Å². The molecule has 0 radical (unpaired) electrons. The lowest BCUT2D eigenvalue weighted by molar-refractivity contribution is 0.178. The van der Waals surface area contributed by atoms with E-state index in [0.29, 0.717) is 6.42 Å². The molecule has 0 aliphatic carbocycles. The zero-order valence-corrected chi connectivity index (χ0v) is 10.3. The SMILES string of the molecule is CCn1cc(C(O)Cc2cccc(C)c2)cn1. The third-order valence-corrected chi connectivity index (χ3v) is 2.87. The maximum atomic E-state index is 10.1. The van der Waals surface area contributed by atoms with Gasteiger partial charge in [0.25, 0.3) is 0 Å². The van der Waals surface area contributed by atoms with Crippen molar-refractivity contribution in [3.05, 3.63) is 53.3 Å². The lowest BCUT2D eigenvalue weighted by atomic mass is 10.0. The van der Waals surface area contributed by atoms with Crippen molar-refractivity contribution in [1.82, 2.24) is 9.78 Å². The van der Waals surface area contributed by atoms with Gasteiger partial charge in [0, 0.05) is 24.7 Å². The Morgan fingerprint density at radius 2 is 2.24 bits per heavy atom. The molecule has 0 fully saturated rings. The molecule has 2 aromatic rings. The van der Waals surface area contributed by atoms with Gasteiger partial charge in [0.05, 0.1) is 12.3 Å². The number of rotatable bonds is 4. The van der Waals surface area contributed by atoms with Crippen molar-refractivity contribution in [2.45, 2.75) is 32.9 Å². The van der Waals surface area contributed by atoms with Crippen molar-refractivity contribution in [3.63, 3.8) is 0 Å². The van der Waals surface area contributed by atoms with Gasteiger partial charge in [0.2, 0.25) is 0 Å². The van der Waals surface area contributed by atoms with Crippen LogP contribution in [0.25, 0.3) is 0 Å². The van der Waals surface area contributed by atoms with Crippen LogP contribution < -0.4 is 0 Å². The van der Waals surface area contributed by atoms with Gasteiger partial charge in [0.15, 0.2) is 0 Å². The molecule has 1 heterocycles. The lowest BCUT2D eigenvalue weighted by Crippen LogP contribution is -2.01. The van der Waals surface area contributed by atoms with Gasteiger partial charge in [-0.25, -0.2) is 0 Å². The maximum absolute atomic E-state index is 10.1. The monoisotopic (exact) mass is 230 g/mol. The quantitative estimate of drug-likeness (QED) is 0.876. The molecule has 0 aliphatic rings. The summed E-state index contributed by atoms with van der Waals surface area (Å²) < 4.78 is 1.83. The predicted molar refractivity (Wildman–Crippen MR) is 67.7 cm³/mol. The summed E-state index contributed by atoms with van der Waals surface area (Å²) in [6.45, 7) is 4.92. The summed E-state index contributed by atoms with van der Waals surface area (Å²) in [5.74, 6) is 0. The number of aliphatic hydroxyl groups is 1. The Morgan fingerprint density at radius 1 is 1.41 bits per heavy atom. The second-order valence-electron chi connectivity index (χ2n) is 4.34. The second kappa shape index (κ2) is 5.15. The van der Waals surface area contributed by atoms with Crippen molar-refractivity contribution in [2.75, 3.05) is 0 Å². The van der Waals surface area contributed by atoms with Crippen LogP contribution in [0.1, 0.15) is 29.7 Å². The standard InChI is InChI=1S/C14H18N2O/c1-3-16-10-13(9-15-16)14(17)8-12-6-4-5-11(2)7-12/h4-7,9-10,14,17H,3,8H2,1-2H3. The number of aliphatic hydroxyl groups excluding tert-OH is 1. The number of hydrogen-bond acceptors (Lipinski definition) is 2.